The highest BCUT2D eigenvalue weighted by molar-refractivity contribution is 4.82. The second-order valence-corrected chi connectivity index (χ2v) is 5.63. The highest BCUT2D eigenvalue weighted by atomic mass is 16.5. The predicted octanol–water partition coefficient (Wildman–Crippen LogP) is 2.58. The predicted molar refractivity (Wildman–Crippen MR) is 71.0 cm³/mol. The number of rotatable bonds is 7. The second-order valence-electron chi connectivity index (χ2n) is 5.63. The van der Waals surface area contributed by atoms with Gasteiger partial charge in [0.1, 0.15) is 0 Å². The number of nitrogens with two attached hydrogens (primary N) is 1. The molecule has 1 aliphatic carbocycles. The zero-order valence-electron chi connectivity index (χ0n) is 11.7. The lowest BCUT2D eigenvalue weighted by atomic mass is 9.83. The third-order valence-corrected chi connectivity index (χ3v) is 3.54. The minimum absolute atomic E-state index is 0.225. The van der Waals surface area contributed by atoms with Crippen molar-refractivity contribution in [3.05, 3.63) is 0 Å². The van der Waals surface area contributed by atoms with Gasteiger partial charge in [-0.15, -0.1) is 0 Å². The quantitative estimate of drug-likeness (QED) is 0.699. The molecular formula is C14H29NO2. The molecule has 1 fully saturated rings. The van der Waals surface area contributed by atoms with Crippen molar-refractivity contribution >= 4 is 0 Å². The van der Waals surface area contributed by atoms with Crippen LogP contribution in [0.15, 0.2) is 0 Å². The van der Waals surface area contributed by atoms with E-state index in [9.17, 15) is 0 Å². The molecular weight excluding hydrogens is 214 g/mol. The van der Waals surface area contributed by atoms with Gasteiger partial charge in [-0.1, -0.05) is 27.2 Å². The molecule has 17 heavy (non-hydrogen) atoms. The molecule has 102 valence electrons. The first-order valence-electron chi connectivity index (χ1n) is 7.08. The summed E-state index contributed by atoms with van der Waals surface area (Å²) in [7, 11) is 0. The van der Waals surface area contributed by atoms with Gasteiger partial charge in [0.25, 0.3) is 0 Å². The summed E-state index contributed by atoms with van der Waals surface area (Å²) in [4.78, 5) is 0. The van der Waals surface area contributed by atoms with E-state index in [2.05, 4.69) is 20.8 Å². The fraction of sp³-hybridized carbons (Fsp3) is 1.00. The molecule has 3 unspecified atom stereocenters. The fourth-order valence-electron chi connectivity index (χ4n) is 2.38. The van der Waals surface area contributed by atoms with Gasteiger partial charge in [0, 0.05) is 12.6 Å². The Morgan fingerprint density at radius 3 is 2.65 bits per heavy atom. The van der Waals surface area contributed by atoms with Crippen molar-refractivity contribution in [1.82, 2.24) is 0 Å². The van der Waals surface area contributed by atoms with Crippen molar-refractivity contribution in [3.63, 3.8) is 0 Å². The van der Waals surface area contributed by atoms with Crippen molar-refractivity contribution in [1.29, 1.82) is 0 Å². The minimum atomic E-state index is 0.225. The first kappa shape index (κ1) is 14.9. The molecule has 0 amide bonds. The van der Waals surface area contributed by atoms with E-state index in [1.165, 1.54) is 12.8 Å². The molecule has 1 saturated carbocycles. The molecule has 0 aromatic carbocycles. The maximum atomic E-state index is 6.09. The van der Waals surface area contributed by atoms with Crippen LogP contribution in [0.3, 0.4) is 0 Å². The first-order chi connectivity index (χ1) is 8.13. The fourth-order valence-corrected chi connectivity index (χ4v) is 2.38. The molecule has 0 aromatic heterocycles. The van der Waals surface area contributed by atoms with Crippen LogP contribution in [0.5, 0.6) is 0 Å². The summed E-state index contributed by atoms with van der Waals surface area (Å²) in [5.41, 5.74) is 6.09. The summed E-state index contributed by atoms with van der Waals surface area (Å²) in [6.45, 7) is 8.76. The van der Waals surface area contributed by atoms with E-state index in [-0.39, 0.29) is 12.1 Å². The molecule has 3 heteroatoms. The second kappa shape index (κ2) is 8.06. The van der Waals surface area contributed by atoms with Crippen LogP contribution in [0.25, 0.3) is 0 Å². The van der Waals surface area contributed by atoms with Crippen molar-refractivity contribution in [2.24, 2.45) is 17.6 Å². The van der Waals surface area contributed by atoms with E-state index in [0.29, 0.717) is 19.1 Å². The largest absolute Gasteiger partial charge is 0.379 e. The third kappa shape index (κ3) is 5.84. The van der Waals surface area contributed by atoms with E-state index in [0.717, 1.165) is 25.4 Å². The van der Waals surface area contributed by atoms with Gasteiger partial charge in [-0.2, -0.15) is 0 Å². The normalized spacial score (nSPS) is 29.8. The first-order valence-corrected chi connectivity index (χ1v) is 7.08. The maximum absolute atomic E-state index is 6.09. The monoisotopic (exact) mass is 243 g/mol. The van der Waals surface area contributed by atoms with Crippen molar-refractivity contribution in [3.8, 4) is 0 Å². The van der Waals surface area contributed by atoms with Gasteiger partial charge in [-0.25, -0.2) is 0 Å². The van der Waals surface area contributed by atoms with Gasteiger partial charge in [0.15, 0.2) is 0 Å². The van der Waals surface area contributed by atoms with E-state index < -0.39 is 0 Å². The van der Waals surface area contributed by atoms with Crippen LogP contribution in [-0.4, -0.2) is 32.0 Å². The highest BCUT2D eigenvalue weighted by Gasteiger charge is 2.27. The van der Waals surface area contributed by atoms with Crippen molar-refractivity contribution < 1.29 is 9.47 Å². The van der Waals surface area contributed by atoms with E-state index >= 15 is 0 Å². The van der Waals surface area contributed by atoms with Crippen LogP contribution in [-0.2, 0) is 9.47 Å². The lowest BCUT2D eigenvalue weighted by Crippen LogP contribution is -2.42. The third-order valence-electron chi connectivity index (χ3n) is 3.54. The number of ether oxygens (including phenoxy) is 2. The van der Waals surface area contributed by atoms with Crippen LogP contribution >= 0.6 is 0 Å². The Hall–Kier alpha value is -0.120. The van der Waals surface area contributed by atoms with Gasteiger partial charge in [-0.3, -0.25) is 0 Å². The summed E-state index contributed by atoms with van der Waals surface area (Å²) < 4.78 is 11.4. The van der Waals surface area contributed by atoms with Gasteiger partial charge >= 0.3 is 0 Å². The number of hydrogen-bond donors (Lipinski definition) is 1. The molecule has 2 N–H and O–H groups in total. The summed E-state index contributed by atoms with van der Waals surface area (Å²) in [5, 5.41) is 0. The van der Waals surface area contributed by atoms with Gasteiger partial charge in [-0.05, 0) is 31.1 Å². The number of hydrogen-bond acceptors (Lipinski definition) is 3. The zero-order valence-corrected chi connectivity index (χ0v) is 11.7. The summed E-state index contributed by atoms with van der Waals surface area (Å²) in [6.07, 6.45) is 4.99. The Kier molecular flexibility index (Phi) is 7.09. The molecule has 0 aliphatic heterocycles. The summed E-state index contributed by atoms with van der Waals surface area (Å²) in [6, 6.07) is 0.225. The van der Waals surface area contributed by atoms with E-state index in [4.69, 9.17) is 15.2 Å². The molecule has 0 radical (unpaired) electrons. The topological polar surface area (TPSA) is 44.5 Å². The van der Waals surface area contributed by atoms with E-state index in [1.54, 1.807) is 0 Å². The van der Waals surface area contributed by atoms with Crippen LogP contribution in [0, 0.1) is 11.8 Å². The lowest BCUT2D eigenvalue weighted by Gasteiger charge is -2.33. The van der Waals surface area contributed by atoms with Crippen LogP contribution in [0.1, 0.15) is 46.5 Å². The SMILES string of the molecule is CCC1CCC(N)C(OCCOCC(C)C)C1. The van der Waals surface area contributed by atoms with E-state index in [1.807, 2.05) is 0 Å². The zero-order chi connectivity index (χ0) is 12.7. The molecule has 1 aliphatic rings. The Labute approximate surface area is 106 Å². The smallest absolute Gasteiger partial charge is 0.0729 e. The lowest BCUT2D eigenvalue weighted by molar-refractivity contribution is -0.0324. The van der Waals surface area contributed by atoms with Crippen LogP contribution in [0.4, 0.5) is 0 Å². The molecule has 0 spiro atoms. The molecule has 3 atom stereocenters. The highest BCUT2D eigenvalue weighted by Crippen LogP contribution is 2.27. The van der Waals surface area contributed by atoms with Gasteiger partial charge < -0.3 is 15.2 Å². The maximum Gasteiger partial charge on any atom is 0.0729 e. The molecule has 3 nitrogen and oxygen atoms in total. The summed E-state index contributed by atoms with van der Waals surface area (Å²) in [5.74, 6) is 1.40. The van der Waals surface area contributed by atoms with Crippen LogP contribution in [0.2, 0.25) is 0 Å². The molecule has 0 bridgehead atoms. The Morgan fingerprint density at radius 2 is 2.00 bits per heavy atom. The van der Waals surface area contributed by atoms with Crippen LogP contribution < -0.4 is 5.73 Å². The standard InChI is InChI=1S/C14H29NO2/c1-4-12-5-6-13(15)14(9-12)17-8-7-16-10-11(2)3/h11-14H,4-10,15H2,1-3H3. The van der Waals surface area contributed by atoms with Crippen molar-refractivity contribution in [2.45, 2.75) is 58.6 Å². The molecule has 0 saturated heterocycles. The van der Waals surface area contributed by atoms with Crippen molar-refractivity contribution in [2.75, 3.05) is 19.8 Å². The Morgan fingerprint density at radius 1 is 1.24 bits per heavy atom. The summed E-state index contributed by atoms with van der Waals surface area (Å²) >= 11 is 0. The van der Waals surface area contributed by atoms with Gasteiger partial charge in [0.2, 0.25) is 0 Å². The molecule has 1 rings (SSSR count). The average molecular weight is 243 g/mol. The van der Waals surface area contributed by atoms with Gasteiger partial charge in [0.05, 0.1) is 19.3 Å². The minimum Gasteiger partial charge on any atom is -0.379 e. The Balaban J connectivity index is 2.12. The molecule has 0 aromatic rings. The Bertz CT molecular complexity index is 197. The molecule has 0 heterocycles. The average Bonchev–Trinajstić information content (AvgIpc) is 2.30.